The topological polar surface area (TPSA) is 41.6 Å². The maximum absolute atomic E-state index is 5.08. The lowest BCUT2D eigenvalue weighted by Gasteiger charge is -2.41. The average molecular weight is 618 g/mol. The molecule has 1 heterocycles. The minimum Gasteiger partial charge on any atom is -0.333 e. The number of halogens is 1. The molecule has 2 atom stereocenters. The number of aryl methyl sites for hydroxylation is 1. The number of piperidine rings is 1. The molecule has 2 unspecified atom stereocenters. The molecule has 3 nitrogen and oxygen atoms in total. The minimum absolute atomic E-state index is 0.639. The Bertz CT molecular complexity index is 800. The summed E-state index contributed by atoms with van der Waals surface area (Å²) in [6, 6.07) is 10.6. The molecule has 250 valence electrons. The summed E-state index contributed by atoms with van der Waals surface area (Å²) < 4.78 is 0. The average Bonchev–Trinajstić information content (AvgIpc) is 3.88. The van der Waals surface area contributed by atoms with Gasteiger partial charge in [0, 0.05) is 29.5 Å². The summed E-state index contributed by atoms with van der Waals surface area (Å²) in [4.78, 5) is 6.88. The molecule has 1 aliphatic heterocycles. The molecule has 1 aliphatic carbocycles. The van der Waals surface area contributed by atoms with Crippen LogP contribution in [0.5, 0.6) is 0 Å². The first kappa shape index (κ1) is 45.7. The van der Waals surface area contributed by atoms with Crippen LogP contribution in [0.1, 0.15) is 143 Å². The molecular weight excluding hydrogens is 546 g/mol. The summed E-state index contributed by atoms with van der Waals surface area (Å²) >= 11 is 5.08. The standard InChI is InChI=1S/C14H29N.C11H16.C8H13N.C3H5Cl.C2H4.CH5N/c1-4-9-14(10-5-2)15-12-8-7-11-13(15)6-3;1-4-10(3)11-7-5-9(2)6-8-11;1-3-9-6-7(2)8-4-5-8;1-3(2)4;2*1-2/h13-14H,4-12H2,1-3H3;5-8,10H,4H2,1-3H3;3,6,8H,4-5H2,1-2H3;1H2,2H3;1-2H2;2H2,1H3/b;;7-6+,9-3?;;;. The number of rotatable bonds is 10. The monoisotopic (exact) mass is 618 g/mol. The fraction of sp³-hybridized carbons (Fsp3) is 0.667. The van der Waals surface area contributed by atoms with Gasteiger partial charge in [0.25, 0.3) is 0 Å². The van der Waals surface area contributed by atoms with E-state index in [1.807, 2.05) is 19.3 Å². The van der Waals surface area contributed by atoms with Crippen molar-refractivity contribution in [1.29, 1.82) is 0 Å². The van der Waals surface area contributed by atoms with Crippen LogP contribution < -0.4 is 5.73 Å². The predicted molar refractivity (Wildman–Crippen MR) is 201 cm³/mol. The van der Waals surface area contributed by atoms with Gasteiger partial charge in [-0.3, -0.25) is 9.89 Å². The molecule has 0 spiro atoms. The highest BCUT2D eigenvalue weighted by atomic mass is 35.5. The lowest BCUT2D eigenvalue weighted by Crippen LogP contribution is -2.45. The second-order valence-corrected chi connectivity index (χ2v) is 12.1. The lowest BCUT2D eigenvalue weighted by molar-refractivity contribution is 0.0807. The Labute approximate surface area is 275 Å². The summed E-state index contributed by atoms with van der Waals surface area (Å²) in [5, 5.41) is 0.639. The Balaban J connectivity index is -0.000000508. The van der Waals surface area contributed by atoms with Crippen molar-refractivity contribution < 1.29 is 0 Å². The lowest BCUT2D eigenvalue weighted by atomic mass is 9.94. The van der Waals surface area contributed by atoms with Crippen molar-refractivity contribution in [3.8, 4) is 0 Å². The molecule has 43 heavy (non-hydrogen) atoms. The van der Waals surface area contributed by atoms with Crippen molar-refractivity contribution in [2.45, 2.75) is 151 Å². The summed E-state index contributed by atoms with van der Waals surface area (Å²) in [6.07, 6.45) is 19.0. The van der Waals surface area contributed by atoms with E-state index in [2.05, 4.69) is 108 Å². The zero-order chi connectivity index (χ0) is 33.6. The molecule has 3 rings (SSSR count). The van der Waals surface area contributed by atoms with Gasteiger partial charge in [-0.1, -0.05) is 107 Å². The van der Waals surface area contributed by atoms with Crippen LogP contribution in [0.25, 0.3) is 0 Å². The molecule has 1 aromatic rings. The van der Waals surface area contributed by atoms with Crippen molar-refractivity contribution in [3.63, 3.8) is 0 Å². The molecule has 1 saturated heterocycles. The second-order valence-electron chi connectivity index (χ2n) is 11.5. The Morgan fingerprint density at radius 3 is 1.91 bits per heavy atom. The highest BCUT2D eigenvalue weighted by molar-refractivity contribution is 6.28. The fourth-order valence-electron chi connectivity index (χ4n) is 5.05. The van der Waals surface area contributed by atoms with E-state index in [-0.39, 0.29) is 0 Å². The summed E-state index contributed by atoms with van der Waals surface area (Å²) in [6.45, 7) is 30.2. The first-order valence-corrected chi connectivity index (χ1v) is 17.4. The summed E-state index contributed by atoms with van der Waals surface area (Å²) in [7, 11) is 1.50. The van der Waals surface area contributed by atoms with E-state index in [1.54, 1.807) is 6.92 Å². The van der Waals surface area contributed by atoms with Gasteiger partial charge in [-0.05, 0) is 110 Å². The van der Waals surface area contributed by atoms with Crippen LogP contribution in [0.15, 0.2) is 65.8 Å². The zero-order valence-corrected chi connectivity index (χ0v) is 31.0. The maximum atomic E-state index is 5.08. The molecule has 1 saturated carbocycles. The predicted octanol–water partition coefficient (Wildman–Crippen LogP) is 12.3. The van der Waals surface area contributed by atoms with Gasteiger partial charge in [0.05, 0.1) is 0 Å². The largest absolute Gasteiger partial charge is 0.333 e. The molecule has 0 aromatic heterocycles. The van der Waals surface area contributed by atoms with Gasteiger partial charge in [0.1, 0.15) is 0 Å². The van der Waals surface area contributed by atoms with Crippen molar-refractivity contribution >= 4 is 17.8 Å². The van der Waals surface area contributed by atoms with Crippen LogP contribution in [-0.4, -0.2) is 36.8 Å². The van der Waals surface area contributed by atoms with Gasteiger partial charge < -0.3 is 5.73 Å². The highest BCUT2D eigenvalue weighted by Gasteiger charge is 2.26. The Morgan fingerprint density at radius 1 is 1.00 bits per heavy atom. The number of likely N-dealkylation sites (tertiary alicyclic amines) is 1. The molecule has 0 radical (unpaired) electrons. The molecule has 2 N–H and O–H groups in total. The third-order valence-corrected chi connectivity index (χ3v) is 7.76. The fourth-order valence-corrected chi connectivity index (χ4v) is 5.05. The number of hydrogen-bond acceptors (Lipinski definition) is 3. The van der Waals surface area contributed by atoms with Crippen molar-refractivity contribution in [2.75, 3.05) is 13.6 Å². The maximum Gasteiger partial charge on any atom is 0.0255 e. The van der Waals surface area contributed by atoms with Crippen LogP contribution in [-0.2, 0) is 0 Å². The van der Waals surface area contributed by atoms with E-state index < -0.39 is 0 Å². The zero-order valence-electron chi connectivity index (χ0n) is 30.2. The van der Waals surface area contributed by atoms with E-state index in [0.717, 1.165) is 18.0 Å². The Hall–Kier alpha value is -1.68. The number of allylic oxidation sites excluding steroid dienone is 2. The van der Waals surface area contributed by atoms with Gasteiger partial charge in [0.2, 0.25) is 0 Å². The van der Waals surface area contributed by atoms with E-state index in [4.69, 9.17) is 11.6 Å². The molecule has 1 aromatic carbocycles. The first-order chi connectivity index (χ1) is 20.6. The molecule has 2 aliphatic rings. The number of nitrogens with two attached hydrogens (primary N) is 1. The first-order valence-electron chi connectivity index (χ1n) is 17.0. The van der Waals surface area contributed by atoms with Gasteiger partial charge in [0.15, 0.2) is 0 Å². The summed E-state index contributed by atoms with van der Waals surface area (Å²) in [5.41, 5.74) is 8.74. The van der Waals surface area contributed by atoms with Gasteiger partial charge in [-0.15, -0.1) is 13.2 Å². The smallest absolute Gasteiger partial charge is 0.0255 e. The highest BCUT2D eigenvalue weighted by Crippen LogP contribution is 2.35. The van der Waals surface area contributed by atoms with Gasteiger partial charge in [-0.2, -0.15) is 0 Å². The van der Waals surface area contributed by atoms with Crippen molar-refractivity contribution in [2.24, 2.45) is 16.6 Å². The molecule has 0 bridgehead atoms. The van der Waals surface area contributed by atoms with Crippen LogP contribution in [0.2, 0.25) is 0 Å². The Kier molecular flexibility index (Phi) is 33.8. The van der Waals surface area contributed by atoms with Crippen molar-refractivity contribution in [1.82, 2.24) is 4.90 Å². The second kappa shape index (κ2) is 31.7. The van der Waals surface area contributed by atoms with Crippen LogP contribution in [0.3, 0.4) is 0 Å². The molecular formula is C39H72ClN3. The van der Waals surface area contributed by atoms with E-state index >= 15 is 0 Å². The minimum atomic E-state index is 0.639. The number of nitrogens with zero attached hydrogens (tertiary/aromatic N) is 2. The molecule has 4 heteroatoms. The quantitative estimate of drug-likeness (QED) is 0.209. The normalized spacial score (nSPS) is 16.9. The number of hydrogen-bond donors (Lipinski definition) is 1. The van der Waals surface area contributed by atoms with Crippen molar-refractivity contribution in [3.05, 3.63) is 71.9 Å². The van der Waals surface area contributed by atoms with E-state index in [0.29, 0.717) is 11.0 Å². The third-order valence-electron chi connectivity index (χ3n) is 7.76. The molecule has 2 fully saturated rings. The van der Waals surface area contributed by atoms with Crippen LogP contribution >= 0.6 is 11.6 Å². The number of aliphatic imine (C=N–C) groups is 1. The Morgan fingerprint density at radius 2 is 1.51 bits per heavy atom. The SMILES string of the molecule is C=C.C=C(C)Cl.CC=N/C=C(\C)C1CC1.CCC(C)c1ccc(C)cc1.CCCC(CCC)N1CCCCC1CC.CN. The third kappa shape index (κ3) is 25.4. The van der Waals surface area contributed by atoms with Gasteiger partial charge in [-0.25, -0.2) is 0 Å². The van der Waals surface area contributed by atoms with Crippen LogP contribution in [0.4, 0.5) is 0 Å². The summed E-state index contributed by atoms with van der Waals surface area (Å²) in [5.74, 6) is 1.57. The molecule has 0 amide bonds. The number of benzene rings is 1. The van der Waals surface area contributed by atoms with Crippen LogP contribution in [0, 0.1) is 12.8 Å². The van der Waals surface area contributed by atoms with Gasteiger partial charge >= 0.3 is 0 Å². The van der Waals surface area contributed by atoms with E-state index in [1.165, 1.54) is 101 Å². The van der Waals surface area contributed by atoms with E-state index in [9.17, 15) is 0 Å².